The zero-order valence-corrected chi connectivity index (χ0v) is 13.0. The first-order valence-electron chi connectivity index (χ1n) is 5.82. The van der Waals surface area contributed by atoms with Gasteiger partial charge < -0.3 is 4.74 Å². The summed E-state index contributed by atoms with van der Waals surface area (Å²) in [5.74, 6) is 2.85. The quantitative estimate of drug-likeness (QED) is 0.725. The van der Waals surface area contributed by atoms with Crippen LogP contribution >= 0.6 is 39.3 Å². The standard InChI is InChI=1S/C13H16BrClOS/c1-9(2-4-15)17-8-11-7-12(14)6-10-3-5-16-13(10)11/h6-7,9H,2-5,8H2,1H3. The van der Waals surface area contributed by atoms with E-state index in [1.807, 2.05) is 11.8 Å². The topological polar surface area (TPSA) is 9.23 Å². The van der Waals surface area contributed by atoms with Crippen molar-refractivity contribution < 1.29 is 4.74 Å². The van der Waals surface area contributed by atoms with Gasteiger partial charge in [0, 0.05) is 33.3 Å². The highest BCUT2D eigenvalue weighted by Gasteiger charge is 2.17. The molecule has 17 heavy (non-hydrogen) atoms. The molecule has 1 aromatic rings. The molecule has 0 N–H and O–H groups in total. The average Bonchev–Trinajstić information content (AvgIpc) is 2.74. The van der Waals surface area contributed by atoms with Crippen LogP contribution in [0, 0.1) is 0 Å². The van der Waals surface area contributed by atoms with E-state index in [4.69, 9.17) is 16.3 Å². The van der Waals surface area contributed by atoms with Crippen LogP contribution in [0.2, 0.25) is 0 Å². The predicted molar refractivity (Wildman–Crippen MR) is 79.4 cm³/mol. The number of benzene rings is 1. The molecule has 1 aliphatic rings. The van der Waals surface area contributed by atoms with E-state index in [2.05, 4.69) is 35.0 Å². The summed E-state index contributed by atoms with van der Waals surface area (Å²) in [6.45, 7) is 3.05. The van der Waals surface area contributed by atoms with Crippen LogP contribution in [-0.2, 0) is 12.2 Å². The Hall–Kier alpha value is 0.140. The Morgan fingerprint density at radius 2 is 2.35 bits per heavy atom. The Bertz CT molecular complexity index is 397. The number of alkyl halides is 1. The summed E-state index contributed by atoms with van der Waals surface area (Å²) in [4.78, 5) is 0. The van der Waals surface area contributed by atoms with Crippen molar-refractivity contribution in [1.29, 1.82) is 0 Å². The molecule has 0 aromatic heterocycles. The largest absolute Gasteiger partial charge is 0.493 e. The van der Waals surface area contributed by atoms with Gasteiger partial charge >= 0.3 is 0 Å². The molecule has 94 valence electrons. The van der Waals surface area contributed by atoms with Gasteiger partial charge in [0.2, 0.25) is 0 Å². The lowest BCUT2D eigenvalue weighted by Gasteiger charge is -2.12. The first kappa shape index (κ1) is 13.6. The number of halogens is 2. The fourth-order valence-electron chi connectivity index (χ4n) is 1.92. The van der Waals surface area contributed by atoms with Gasteiger partial charge in [-0.25, -0.2) is 0 Å². The minimum atomic E-state index is 0.600. The van der Waals surface area contributed by atoms with E-state index in [1.54, 1.807) is 0 Å². The monoisotopic (exact) mass is 334 g/mol. The van der Waals surface area contributed by atoms with Gasteiger partial charge in [-0.2, -0.15) is 11.8 Å². The zero-order valence-electron chi connectivity index (χ0n) is 9.84. The fraction of sp³-hybridized carbons (Fsp3) is 0.538. The van der Waals surface area contributed by atoms with Gasteiger partial charge in [-0.1, -0.05) is 22.9 Å². The number of ether oxygens (including phenoxy) is 1. The van der Waals surface area contributed by atoms with Crippen LogP contribution in [0.1, 0.15) is 24.5 Å². The van der Waals surface area contributed by atoms with Gasteiger partial charge in [-0.05, 0) is 24.1 Å². The normalized spacial score (nSPS) is 15.5. The lowest BCUT2D eigenvalue weighted by atomic mass is 10.1. The molecule has 0 fully saturated rings. The molecule has 0 saturated carbocycles. The molecule has 1 aromatic carbocycles. The Balaban J connectivity index is 2.05. The number of hydrogen-bond acceptors (Lipinski definition) is 2. The number of hydrogen-bond donors (Lipinski definition) is 0. The van der Waals surface area contributed by atoms with E-state index in [1.165, 1.54) is 11.1 Å². The molecule has 0 bridgehead atoms. The van der Waals surface area contributed by atoms with E-state index in [9.17, 15) is 0 Å². The summed E-state index contributed by atoms with van der Waals surface area (Å²) >= 11 is 11.3. The van der Waals surface area contributed by atoms with Gasteiger partial charge in [0.15, 0.2) is 0 Å². The molecule has 2 rings (SSSR count). The second kappa shape index (κ2) is 6.35. The molecule has 1 nitrogen and oxygen atoms in total. The number of fused-ring (bicyclic) bond motifs is 1. The SMILES string of the molecule is CC(CCCl)SCc1cc(Br)cc2c1OCC2. The van der Waals surface area contributed by atoms with Gasteiger partial charge in [0.05, 0.1) is 6.61 Å². The van der Waals surface area contributed by atoms with E-state index >= 15 is 0 Å². The number of thioether (sulfide) groups is 1. The summed E-state index contributed by atoms with van der Waals surface area (Å²) in [7, 11) is 0. The maximum absolute atomic E-state index is 5.75. The molecule has 0 spiro atoms. The summed E-state index contributed by atoms with van der Waals surface area (Å²) < 4.78 is 6.87. The van der Waals surface area contributed by atoms with Gasteiger partial charge in [-0.15, -0.1) is 11.6 Å². The van der Waals surface area contributed by atoms with Crippen molar-refractivity contribution in [3.8, 4) is 5.75 Å². The first-order chi connectivity index (χ1) is 8.20. The minimum absolute atomic E-state index is 0.600. The van der Waals surface area contributed by atoms with Crippen LogP contribution in [0.4, 0.5) is 0 Å². The molecule has 0 amide bonds. The zero-order chi connectivity index (χ0) is 12.3. The Morgan fingerprint density at radius 1 is 1.53 bits per heavy atom. The summed E-state index contributed by atoms with van der Waals surface area (Å²) in [6, 6.07) is 4.34. The van der Waals surface area contributed by atoms with Crippen LogP contribution in [0.15, 0.2) is 16.6 Å². The summed E-state index contributed by atoms with van der Waals surface area (Å²) in [6.07, 6.45) is 2.09. The first-order valence-corrected chi connectivity index (χ1v) is 8.20. The highest BCUT2D eigenvalue weighted by Crippen LogP contribution is 2.36. The molecular weight excluding hydrogens is 320 g/mol. The fourth-order valence-corrected chi connectivity index (χ4v) is 3.89. The maximum Gasteiger partial charge on any atom is 0.126 e. The van der Waals surface area contributed by atoms with Crippen molar-refractivity contribution in [3.63, 3.8) is 0 Å². The number of rotatable bonds is 5. The summed E-state index contributed by atoms with van der Waals surface area (Å²) in [5.41, 5.74) is 2.64. The Labute approximate surface area is 120 Å². The third kappa shape index (κ3) is 3.55. The van der Waals surface area contributed by atoms with E-state index in [0.29, 0.717) is 5.25 Å². The van der Waals surface area contributed by atoms with Crippen LogP contribution < -0.4 is 4.74 Å². The molecule has 1 heterocycles. The maximum atomic E-state index is 5.75. The third-order valence-electron chi connectivity index (χ3n) is 2.86. The molecule has 1 atom stereocenters. The van der Waals surface area contributed by atoms with Crippen molar-refractivity contribution in [2.75, 3.05) is 12.5 Å². The van der Waals surface area contributed by atoms with Crippen molar-refractivity contribution >= 4 is 39.3 Å². The van der Waals surface area contributed by atoms with Crippen molar-refractivity contribution in [2.45, 2.75) is 30.8 Å². The second-order valence-electron chi connectivity index (χ2n) is 4.25. The Kier molecular flexibility index (Phi) is 5.07. The van der Waals surface area contributed by atoms with Crippen LogP contribution in [0.25, 0.3) is 0 Å². The van der Waals surface area contributed by atoms with E-state index in [0.717, 1.165) is 41.3 Å². The molecule has 1 unspecified atom stereocenters. The van der Waals surface area contributed by atoms with Gasteiger partial charge in [0.25, 0.3) is 0 Å². The molecule has 4 heteroatoms. The van der Waals surface area contributed by atoms with Crippen molar-refractivity contribution in [2.24, 2.45) is 0 Å². The third-order valence-corrected chi connectivity index (χ3v) is 4.82. The summed E-state index contributed by atoms with van der Waals surface area (Å²) in [5, 5.41) is 0.600. The lowest BCUT2D eigenvalue weighted by molar-refractivity contribution is 0.354. The average molecular weight is 336 g/mol. The minimum Gasteiger partial charge on any atom is -0.493 e. The second-order valence-corrected chi connectivity index (χ2v) is 6.97. The highest BCUT2D eigenvalue weighted by molar-refractivity contribution is 9.10. The molecule has 1 aliphatic heterocycles. The predicted octanol–water partition coefficient (Wildman–Crippen LogP) is 4.63. The van der Waals surface area contributed by atoms with E-state index < -0.39 is 0 Å². The lowest BCUT2D eigenvalue weighted by Crippen LogP contribution is -1.98. The molecule has 0 aliphatic carbocycles. The Morgan fingerprint density at radius 3 is 3.12 bits per heavy atom. The smallest absolute Gasteiger partial charge is 0.126 e. The van der Waals surface area contributed by atoms with Crippen molar-refractivity contribution in [3.05, 3.63) is 27.7 Å². The molecule has 0 radical (unpaired) electrons. The van der Waals surface area contributed by atoms with E-state index in [-0.39, 0.29) is 0 Å². The molecular formula is C13H16BrClOS. The van der Waals surface area contributed by atoms with Crippen LogP contribution in [0.5, 0.6) is 5.75 Å². The van der Waals surface area contributed by atoms with Gasteiger partial charge in [-0.3, -0.25) is 0 Å². The molecule has 0 saturated heterocycles. The highest BCUT2D eigenvalue weighted by atomic mass is 79.9. The van der Waals surface area contributed by atoms with Crippen LogP contribution in [-0.4, -0.2) is 17.7 Å². The van der Waals surface area contributed by atoms with Crippen LogP contribution in [0.3, 0.4) is 0 Å². The van der Waals surface area contributed by atoms with Crippen molar-refractivity contribution in [1.82, 2.24) is 0 Å². The van der Waals surface area contributed by atoms with Gasteiger partial charge in [0.1, 0.15) is 5.75 Å².